The average Bonchev–Trinajstić information content (AvgIpc) is 2.87. The van der Waals surface area contributed by atoms with Crippen molar-refractivity contribution in [1.29, 1.82) is 0 Å². The molecule has 0 bridgehead atoms. The van der Waals surface area contributed by atoms with Crippen LogP contribution in [0.25, 0.3) is 43.4 Å². The van der Waals surface area contributed by atoms with Crippen molar-refractivity contribution < 1.29 is 9.53 Å². The molecule has 0 N–H and O–H groups in total. The number of halogens is 1. The molecule has 0 aliphatic carbocycles. The van der Waals surface area contributed by atoms with Crippen LogP contribution in [0.3, 0.4) is 0 Å². The third-order valence-electron chi connectivity index (χ3n) is 6.24. The summed E-state index contributed by atoms with van der Waals surface area (Å²) in [5.41, 5.74) is 3.54. The SMILES string of the molecule is O=C(OCc1ccccc1)c1ccccc1-c1c(I)c2cccc3ccc4cccc1c4c32. The van der Waals surface area contributed by atoms with E-state index in [4.69, 9.17) is 4.74 Å². The Kier molecular flexibility index (Phi) is 4.99. The fourth-order valence-electron chi connectivity index (χ4n) is 4.74. The molecule has 0 fully saturated rings. The van der Waals surface area contributed by atoms with Gasteiger partial charge in [0.05, 0.1) is 5.56 Å². The van der Waals surface area contributed by atoms with Crippen molar-refractivity contribution in [2.24, 2.45) is 0 Å². The molecule has 0 unspecified atom stereocenters. The molecule has 33 heavy (non-hydrogen) atoms. The first-order valence-corrected chi connectivity index (χ1v) is 12.0. The van der Waals surface area contributed by atoms with Crippen molar-refractivity contribution in [3.8, 4) is 11.1 Å². The molecule has 158 valence electrons. The predicted octanol–water partition coefficient (Wildman–Crippen LogP) is 8.21. The summed E-state index contributed by atoms with van der Waals surface area (Å²) in [7, 11) is 0. The number of ether oxygens (including phenoxy) is 1. The van der Waals surface area contributed by atoms with E-state index < -0.39 is 0 Å². The number of esters is 1. The maximum atomic E-state index is 13.2. The third kappa shape index (κ3) is 3.35. The van der Waals surface area contributed by atoms with E-state index in [1.807, 2.05) is 54.6 Å². The molecule has 0 amide bonds. The zero-order valence-electron chi connectivity index (χ0n) is 17.7. The van der Waals surface area contributed by atoms with Gasteiger partial charge in [-0.1, -0.05) is 97.1 Å². The molecular formula is C30H19IO2. The van der Waals surface area contributed by atoms with Crippen LogP contribution in [-0.4, -0.2) is 5.97 Å². The van der Waals surface area contributed by atoms with Gasteiger partial charge in [-0.05, 0) is 72.1 Å². The Morgan fingerprint density at radius 1 is 0.667 bits per heavy atom. The minimum atomic E-state index is -0.310. The summed E-state index contributed by atoms with van der Waals surface area (Å²) >= 11 is 2.44. The molecular weight excluding hydrogens is 519 g/mol. The van der Waals surface area contributed by atoms with Crippen LogP contribution in [-0.2, 0) is 11.3 Å². The van der Waals surface area contributed by atoms with Crippen LogP contribution in [0.4, 0.5) is 0 Å². The molecule has 0 saturated heterocycles. The lowest BCUT2D eigenvalue weighted by Crippen LogP contribution is -2.07. The normalized spacial score (nSPS) is 11.4. The third-order valence-corrected chi connectivity index (χ3v) is 7.36. The smallest absolute Gasteiger partial charge is 0.339 e. The summed E-state index contributed by atoms with van der Waals surface area (Å²) in [5.74, 6) is -0.310. The molecule has 0 spiro atoms. The van der Waals surface area contributed by atoms with Gasteiger partial charge in [0.15, 0.2) is 0 Å². The summed E-state index contributed by atoms with van der Waals surface area (Å²) < 4.78 is 6.86. The number of carbonyl (C=O) groups excluding carboxylic acids is 1. The fourth-order valence-corrected chi connectivity index (χ4v) is 5.77. The minimum absolute atomic E-state index is 0.252. The average molecular weight is 538 g/mol. The van der Waals surface area contributed by atoms with Crippen molar-refractivity contribution in [2.45, 2.75) is 6.61 Å². The molecule has 0 atom stereocenters. The van der Waals surface area contributed by atoms with Crippen LogP contribution in [0.15, 0.2) is 103 Å². The Bertz CT molecular complexity index is 1640. The van der Waals surface area contributed by atoms with Crippen molar-refractivity contribution in [3.63, 3.8) is 0 Å². The molecule has 2 nitrogen and oxygen atoms in total. The first-order chi connectivity index (χ1) is 16.2. The molecule has 0 heterocycles. The topological polar surface area (TPSA) is 26.3 Å². The highest BCUT2D eigenvalue weighted by atomic mass is 127. The second-order valence-electron chi connectivity index (χ2n) is 8.17. The minimum Gasteiger partial charge on any atom is -0.457 e. The summed E-state index contributed by atoms with van der Waals surface area (Å²) in [6.45, 7) is 0.252. The van der Waals surface area contributed by atoms with Crippen molar-refractivity contribution in [3.05, 3.63) is 118 Å². The summed E-state index contributed by atoms with van der Waals surface area (Å²) in [6.07, 6.45) is 0. The van der Waals surface area contributed by atoms with E-state index in [2.05, 4.69) is 71.1 Å². The van der Waals surface area contributed by atoms with Crippen LogP contribution in [0.5, 0.6) is 0 Å². The number of hydrogen-bond donors (Lipinski definition) is 0. The van der Waals surface area contributed by atoms with E-state index in [-0.39, 0.29) is 12.6 Å². The van der Waals surface area contributed by atoms with Gasteiger partial charge in [0.2, 0.25) is 0 Å². The van der Waals surface area contributed by atoms with Crippen molar-refractivity contribution in [1.82, 2.24) is 0 Å². The molecule has 0 radical (unpaired) electrons. The standard InChI is InChI=1S/C30H19IO2/c31-29-25-15-7-11-21-17-16-20-10-6-14-24(26(20)27(21)25)28(29)22-12-4-5-13-23(22)30(32)33-18-19-8-2-1-3-9-19/h1-17H,18H2. The van der Waals surface area contributed by atoms with E-state index in [0.29, 0.717) is 5.56 Å². The number of hydrogen-bond acceptors (Lipinski definition) is 2. The van der Waals surface area contributed by atoms with Gasteiger partial charge in [-0.2, -0.15) is 0 Å². The molecule has 3 heteroatoms. The second-order valence-corrected chi connectivity index (χ2v) is 9.25. The first-order valence-electron chi connectivity index (χ1n) is 10.9. The van der Waals surface area contributed by atoms with Gasteiger partial charge >= 0.3 is 5.97 Å². The molecule has 6 rings (SSSR count). The summed E-state index contributed by atoms with van der Waals surface area (Å²) in [4.78, 5) is 13.2. The second kappa shape index (κ2) is 8.16. The Morgan fingerprint density at radius 3 is 2.06 bits per heavy atom. The van der Waals surface area contributed by atoms with E-state index in [0.717, 1.165) is 25.6 Å². The highest BCUT2D eigenvalue weighted by Crippen LogP contribution is 2.44. The quantitative estimate of drug-likeness (QED) is 0.129. The highest BCUT2D eigenvalue weighted by Gasteiger charge is 2.21. The van der Waals surface area contributed by atoms with Crippen LogP contribution in [0.2, 0.25) is 0 Å². The Labute approximate surface area is 205 Å². The maximum absolute atomic E-state index is 13.2. The lowest BCUT2D eigenvalue weighted by atomic mass is 9.87. The molecule has 0 aromatic heterocycles. The molecule has 0 aliphatic rings. The Hall–Kier alpha value is -3.44. The fraction of sp³-hybridized carbons (Fsp3) is 0.0333. The first kappa shape index (κ1) is 20.2. The predicted molar refractivity (Wildman–Crippen MR) is 144 cm³/mol. The van der Waals surface area contributed by atoms with Crippen LogP contribution >= 0.6 is 22.6 Å². The summed E-state index contributed by atoms with van der Waals surface area (Å²) in [6, 6.07) is 34.8. The monoisotopic (exact) mass is 538 g/mol. The van der Waals surface area contributed by atoms with Crippen LogP contribution < -0.4 is 0 Å². The van der Waals surface area contributed by atoms with Gasteiger partial charge in [-0.25, -0.2) is 4.79 Å². The van der Waals surface area contributed by atoms with Crippen LogP contribution in [0, 0.1) is 3.57 Å². The van der Waals surface area contributed by atoms with Crippen molar-refractivity contribution >= 4 is 60.9 Å². The molecule has 0 aliphatic heterocycles. The largest absolute Gasteiger partial charge is 0.457 e. The Balaban J connectivity index is 1.56. The summed E-state index contributed by atoms with van der Waals surface area (Å²) in [5, 5.41) is 7.33. The van der Waals surface area contributed by atoms with Crippen molar-refractivity contribution in [2.75, 3.05) is 0 Å². The van der Waals surface area contributed by atoms with Gasteiger partial charge in [0, 0.05) is 9.13 Å². The lowest BCUT2D eigenvalue weighted by Gasteiger charge is -2.19. The number of carbonyl (C=O) groups is 1. The van der Waals surface area contributed by atoms with E-state index in [9.17, 15) is 4.79 Å². The lowest BCUT2D eigenvalue weighted by molar-refractivity contribution is 0.0473. The Morgan fingerprint density at radius 2 is 1.30 bits per heavy atom. The van der Waals surface area contributed by atoms with Gasteiger partial charge < -0.3 is 4.74 Å². The molecule has 6 aromatic rings. The van der Waals surface area contributed by atoms with Gasteiger partial charge in [0.1, 0.15) is 6.61 Å². The number of benzene rings is 6. The van der Waals surface area contributed by atoms with Crippen LogP contribution in [0.1, 0.15) is 15.9 Å². The maximum Gasteiger partial charge on any atom is 0.339 e. The van der Waals surface area contributed by atoms with E-state index in [1.165, 1.54) is 26.9 Å². The van der Waals surface area contributed by atoms with E-state index in [1.54, 1.807) is 0 Å². The molecule has 0 saturated carbocycles. The molecule has 6 aromatic carbocycles. The van der Waals surface area contributed by atoms with Gasteiger partial charge in [-0.3, -0.25) is 0 Å². The van der Waals surface area contributed by atoms with Gasteiger partial charge in [-0.15, -0.1) is 0 Å². The van der Waals surface area contributed by atoms with Gasteiger partial charge in [0.25, 0.3) is 0 Å². The van der Waals surface area contributed by atoms with E-state index >= 15 is 0 Å². The highest BCUT2D eigenvalue weighted by molar-refractivity contribution is 14.1. The zero-order valence-corrected chi connectivity index (χ0v) is 19.9. The zero-order chi connectivity index (χ0) is 22.4. The number of rotatable bonds is 4.